The molecule has 9 heteroatoms. The molecule has 2 rings (SSSR count). The van der Waals surface area contributed by atoms with Gasteiger partial charge in [-0.3, -0.25) is 4.79 Å². The van der Waals surface area contributed by atoms with Gasteiger partial charge in [0.1, 0.15) is 4.21 Å². The SMILES string of the molecule is C[C@H](NC(=O)[C@@H](C)OC(=O)c1csc(S(N)(=O)=O)c1)c1ccccc1. The molecule has 0 saturated carbocycles. The summed E-state index contributed by atoms with van der Waals surface area (Å²) in [6, 6.07) is 10.2. The summed E-state index contributed by atoms with van der Waals surface area (Å²) < 4.78 is 27.4. The molecule has 0 aliphatic rings. The molecule has 0 aliphatic heterocycles. The molecule has 3 N–H and O–H groups in total. The average molecular weight is 382 g/mol. The second kappa shape index (κ2) is 7.77. The Balaban J connectivity index is 1.96. The number of hydrogen-bond acceptors (Lipinski definition) is 6. The van der Waals surface area contributed by atoms with Gasteiger partial charge in [-0.1, -0.05) is 30.3 Å². The van der Waals surface area contributed by atoms with Gasteiger partial charge in [-0.25, -0.2) is 18.4 Å². The standard InChI is InChI=1S/C16H18N2O5S2/c1-10(12-6-4-3-5-7-12)18-15(19)11(2)23-16(20)13-8-14(24-9-13)25(17,21)22/h3-11H,1-2H3,(H,18,19)(H2,17,21,22)/t10-,11+/m0/s1. The van der Waals surface area contributed by atoms with Gasteiger partial charge < -0.3 is 10.1 Å². The Bertz CT molecular complexity index is 862. The van der Waals surface area contributed by atoms with E-state index in [-0.39, 0.29) is 15.8 Å². The first-order chi connectivity index (χ1) is 11.7. The summed E-state index contributed by atoms with van der Waals surface area (Å²) in [5.41, 5.74) is 0.954. The van der Waals surface area contributed by atoms with E-state index in [0.29, 0.717) is 0 Å². The van der Waals surface area contributed by atoms with Crippen molar-refractivity contribution >= 4 is 33.2 Å². The molecule has 0 aliphatic carbocycles. The zero-order chi connectivity index (χ0) is 18.6. The van der Waals surface area contributed by atoms with Crippen LogP contribution in [0.3, 0.4) is 0 Å². The molecule has 0 bridgehead atoms. The molecule has 2 atom stereocenters. The summed E-state index contributed by atoms with van der Waals surface area (Å²) in [7, 11) is -3.88. The minimum Gasteiger partial charge on any atom is -0.449 e. The molecule has 1 heterocycles. The second-order valence-electron chi connectivity index (χ2n) is 5.39. The molecule has 0 fully saturated rings. The molecule has 0 unspecified atom stereocenters. The third-order valence-corrected chi connectivity index (χ3v) is 5.79. The number of carbonyl (C=O) groups is 2. The van der Waals surface area contributed by atoms with Crippen LogP contribution in [0, 0.1) is 0 Å². The highest BCUT2D eigenvalue weighted by atomic mass is 32.2. The third-order valence-electron chi connectivity index (χ3n) is 3.40. The number of thiophene rings is 1. The number of carbonyl (C=O) groups excluding carboxylic acids is 2. The first-order valence-electron chi connectivity index (χ1n) is 7.36. The molecule has 0 spiro atoms. The number of primary sulfonamides is 1. The first kappa shape index (κ1) is 19.1. The highest BCUT2D eigenvalue weighted by Gasteiger charge is 2.22. The van der Waals surface area contributed by atoms with E-state index in [4.69, 9.17) is 9.88 Å². The summed E-state index contributed by atoms with van der Waals surface area (Å²) in [6.45, 7) is 3.26. The number of nitrogens with two attached hydrogens (primary N) is 1. The fraction of sp³-hybridized carbons (Fsp3) is 0.250. The lowest BCUT2D eigenvalue weighted by molar-refractivity contribution is -0.129. The van der Waals surface area contributed by atoms with Gasteiger partial charge in [-0.2, -0.15) is 0 Å². The van der Waals surface area contributed by atoms with Crippen molar-refractivity contribution in [1.82, 2.24) is 5.32 Å². The normalized spacial score (nSPS) is 13.7. The molecule has 134 valence electrons. The van der Waals surface area contributed by atoms with Gasteiger partial charge in [0.05, 0.1) is 11.6 Å². The summed E-state index contributed by atoms with van der Waals surface area (Å²) in [6.07, 6.45) is -1.03. The molecule has 1 aromatic carbocycles. The minimum absolute atomic E-state index is 0.0322. The van der Waals surface area contributed by atoms with Crippen molar-refractivity contribution in [2.75, 3.05) is 0 Å². The summed E-state index contributed by atoms with van der Waals surface area (Å²) >= 11 is 0.814. The van der Waals surface area contributed by atoms with Gasteiger partial charge >= 0.3 is 5.97 Å². The highest BCUT2D eigenvalue weighted by molar-refractivity contribution is 7.91. The maximum Gasteiger partial charge on any atom is 0.339 e. The van der Waals surface area contributed by atoms with Gasteiger partial charge in [0.2, 0.25) is 10.0 Å². The zero-order valence-corrected chi connectivity index (χ0v) is 15.3. The van der Waals surface area contributed by atoms with Crippen LogP contribution in [0.25, 0.3) is 0 Å². The van der Waals surface area contributed by atoms with Crippen LogP contribution in [0.15, 0.2) is 46.0 Å². The van der Waals surface area contributed by atoms with Gasteiger partial charge in [-0.15, -0.1) is 11.3 Å². The average Bonchev–Trinajstić information content (AvgIpc) is 3.06. The van der Waals surface area contributed by atoms with E-state index in [9.17, 15) is 18.0 Å². The monoisotopic (exact) mass is 382 g/mol. The fourth-order valence-electron chi connectivity index (χ4n) is 2.01. The number of sulfonamides is 1. The van der Waals surface area contributed by atoms with Crippen molar-refractivity contribution in [3.8, 4) is 0 Å². The third kappa shape index (κ3) is 5.12. The summed E-state index contributed by atoms with van der Waals surface area (Å²) in [5.74, 6) is -1.24. The topological polar surface area (TPSA) is 116 Å². The number of benzene rings is 1. The van der Waals surface area contributed by atoms with Crippen LogP contribution in [0.4, 0.5) is 0 Å². The van der Waals surface area contributed by atoms with Crippen molar-refractivity contribution in [3.63, 3.8) is 0 Å². The van der Waals surface area contributed by atoms with Crippen LogP contribution < -0.4 is 10.5 Å². The molecular formula is C16H18N2O5S2. The Morgan fingerprint density at radius 1 is 1.20 bits per heavy atom. The van der Waals surface area contributed by atoms with Gasteiger partial charge in [0.25, 0.3) is 5.91 Å². The number of ether oxygens (including phenoxy) is 1. The number of esters is 1. The van der Waals surface area contributed by atoms with Crippen LogP contribution >= 0.6 is 11.3 Å². The van der Waals surface area contributed by atoms with Gasteiger partial charge in [0.15, 0.2) is 6.10 Å². The lowest BCUT2D eigenvalue weighted by Gasteiger charge is -2.18. The fourth-order valence-corrected chi connectivity index (χ4v) is 3.59. The van der Waals surface area contributed by atoms with Crippen molar-refractivity contribution in [3.05, 3.63) is 52.9 Å². The Morgan fingerprint density at radius 2 is 1.84 bits per heavy atom. The Morgan fingerprint density at radius 3 is 2.40 bits per heavy atom. The lowest BCUT2D eigenvalue weighted by Crippen LogP contribution is -2.37. The number of rotatable bonds is 6. The Labute approximate surface area is 149 Å². The van der Waals surface area contributed by atoms with E-state index in [1.807, 2.05) is 37.3 Å². The van der Waals surface area contributed by atoms with Crippen LogP contribution in [-0.2, 0) is 19.6 Å². The van der Waals surface area contributed by atoms with Crippen LogP contribution in [0.1, 0.15) is 35.8 Å². The molecule has 2 aromatic rings. The predicted molar refractivity (Wildman–Crippen MR) is 93.6 cm³/mol. The molecule has 0 saturated heterocycles. The van der Waals surface area contributed by atoms with Crippen LogP contribution in [-0.4, -0.2) is 26.4 Å². The Kier molecular flexibility index (Phi) is 5.93. The van der Waals surface area contributed by atoms with E-state index in [1.54, 1.807) is 0 Å². The van der Waals surface area contributed by atoms with Crippen molar-refractivity contribution in [2.24, 2.45) is 5.14 Å². The van der Waals surface area contributed by atoms with Crippen LogP contribution in [0.2, 0.25) is 0 Å². The van der Waals surface area contributed by atoms with Crippen molar-refractivity contribution in [2.45, 2.75) is 30.2 Å². The lowest BCUT2D eigenvalue weighted by atomic mass is 10.1. The molecule has 1 amide bonds. The van der Waals surface area contributed by atoms with E-state index < -0.39 is 28.0 Å². The highest BCUT2D eigenvalue weighted by Crippen LogP contribution is 2.20. The molecule has 1 aromatic heterocycles. The smallest absolute Gasteiger partial charge is 0.339 e. The van der Waals surface area contributed by atoms with Crippen LogP contribution in [0.5, 0.6) is 0 Å². The molecular weight excluding hydrogens is 364 g/mol. The minimum atomic E-state index is -3.88. The van der Waals surface area contributed by atoms with Crippen molar-refractivity contribution in [1.29, 1.82) is 0 Å². The summed E-state index contributed by atoms with van der Waals surface area (Å²) in [5, 5.41) is 9.07. The van der Waals surface area contributed by atoms with E-state index in [2.05, 4.69) is 5.32 Å². The molecule has 0 radical (unpaired) electrons. The van der Waals surface area contributed by atoms with E-state index >= 15 is 0 Å². The van der Waals surface area contributed by atoms with E-state index in [1.165, 1.54) is 12.3 Å². The van der Waals surface area contributed by atoms with Gasteiger partial charge in [-0.05, 0) is 25.5 Å². The maximum absolute atomic E-state index is 12.2. The maximum atomic E-state index is 12.2. The summed E-state index contributed by atoms with van der Waals surface area (Å²) in [4.78, 5) is 24.2. The predicted octanol–water partition coefficient (Wildman–Crippen LogP) is 1.82. The zero-order valence-electron chi connectivity index (χ0n) is 13.6. The molecule has 25 heavy (non-hydrogen) atoms. The largest absolute Gasteiger partial charge is 0.449 e. The first-order valence-corrected chi connectivity index (χ1v) is 9.78. The molecule has 7 nitrogen and oxygen atoms in total. The number of amides is 1. The van der Waals surface area contributed by atoms with Crippen molar-refractivity contribution < 1.29 is 22.7 Å². The van der Waals surface area contributed by atoms with E-state index in [0.717, 1.165) is 23.0 Å². The van der Waals surface area contributed by atoms with Gasteiger partial charge in [0, 0.05) is 5.38 Å². The number of nitrogens with one attached hydrogen (secondary N) is 1. The second-order valence-corrected chi connectivity index (χ2v) is 8.09. The Hall–Kier alpha value is -2.23. The number of hydrogen-bond donors (Lipinski definition) is 2. The quantitative estimate of drug-likeness (QED) is 0.739.